The Morgan fingerprint density at radius 1 is 1.11 bits per heavy atom. The van der Waals surface area contributed by atoms with E-state index in [9.17, 15) is 5.11 Å². The Balaban J connectivity index is 1.71. The van der Waals surface area contributed by atoms with Gasteiger partial charge in [-0.15, -0.1) is 0 Å². The highest BCUT2D eigenvalue weighted by atomic mass is 16.5. The number of rotatable bonds is 1. The highest BCUT2D eigenvalue weighted by molar-refractivity contribution is 5.33. The molecule has 1 heterocycles. The van der Waals surface area contributed by atoms with E-state index < -0.39 is 0 Å². The van der Waals surface area contributed by atoms with Gasteiger partial charge in [0.15, 0.2) is 0 Å². The summed E-state index contributed by atoms with van der Waals surface area (Å²) in [6.07, 6.45) is 4.05. The molecule has 1 aliphatic heterocycles. The van der Waals surface area contributed by atoms with E-state index in [2.05, 4.69) is 23.1 Å². The van der Waals surface area contributed by atoms with Gasteiger partial charge in [0, 0.05) is 24.7 Å². The molecule has 18 heavy (non-hydrogen) atoms. The van der Waals surface area contributed by atoms with Crippen molar-refractivity contribution >= 4 is 0 Å². The molecule has 1 saturated carbocycles. The summed E-state index contributed by atoms with van der Waals surface area (Å²) in [4.78, 5) is 2.53. The lowest BCUT2D eigenvalue weighted by molar-refractivity contribution is 0.0677. The molecule has 0 spiro atoms. The Labute approximate surface area is 108 Å². The van der Waals surface area contributed by atoms with Crippen molar-refractivity contribution in [3.8, 4) is 5.75 Å². The van der Waals surface area contributed by atoms with Crippen LogP contribution in [-0.4, -0.2) is 35.3 Å². The molecule has 0 radical (unpaired) electrons. The number of aliphatic hydroxyl groups is 1. The van der Waals surface area contributed by atoms with E-state index in [1.807, 2.05) is 6.07 Å². The number of fused-ring (bicyclic) bond motifs is 1. The summed E-state index contributed by atoms with van der Waals surface area (Å²) in [6.45, 7) is 2.75. The predicted octanol–water partition coefficient (Wildman–Crippen LogP) is 2.18. The van der Waals surface area contributed by atoms with Crippen LogP contribution in [0.15, 0.2) is 24.3 Å². The highest BCUT2D eigenvalue weighted by Gasteiger charge is 2.26. The number of nitrogens with zero attached hydrogens (tertiary/aromatic N) is 1. The molecule has 1 aliphatic carbocycles. The molecule has 0 amide bonds. The summed E-state index contributed by atoms with van der Waals surface area (Å²) in [6, 6.07) is 8.94. The lowest BCUT2D eigenvalue weighted by atomic mass is 9.91. The van der Waals surface area contributed by atoms with E-state index in [0.717, 1.165) is 51.1 Å². The smallest absolute Gasteiger partial charge is 0.123 e. The Bertz CT molecular complexity index is 399. The van der Waals surface area contributed by atoms with E-state index in [-0.39, 0.29) is 6.10 Å². The fourth-order valence-corrected chi connectivity index (χ4v) is 3.08. The van der Waals surface area contributed by atoms with E-state index in [1.54, 1.807) is 0 Å². The summed E-state index contributed by atoms with van der Waals surface area (Å²) in [5.41, 5.74) is 1.29. The lowest BCUT2D eigenvalue weighted by Gasteiger charge is -2.34. The number of benzene rings is 1. The minimum Gasteiger partial charge on any atom is -0.492 e. The molecule has 98 valence electrons. The van der Waals surface area contributed by atoms with Crippen LogP contribution in [0.1, 0.15) is 31.2 Å². The van der Waals surface area contributed by atoms with Gasteiger partial charge in [0.2, 0.25) is 0 Å². The van der Waals surface area contributed by atoms with E-state index in [0.29, 0.717) is 6.04 Å². The Hall–Kier alpha value is -1.06. The first-order valence-electron chi connectivity index (χ1n) is 6.96. The van der Waals surface area contributed by atoms with Crippen molar-refractivity contribution < 1.29 is 9.84 Å². The maximum absolute atomic E-state index is 9.60. The van der Waals surface area contributed by atoms with Crippen LogP contribution < -0.4 is 4.74 Å². The molecule has 0 aromatic heterocycles. The third-order valence-corrected chi connectivity index (χ3v) is 4.16. The van der Waals surface area contributed by atoms with Gasteiger partial charge < -0.3 is 9.84 Å². The summed E-state index contributed by atoms with van der Waals surface area (Å²) in [7, 11) is 0. The second-order valence-corrected chi connectivity index (χ2v) is 5.39. The van der Waals surface area contributed by atoms with Gasteiger partial charge in [-0.25, -0.2) is 0 Å². The number of aliphatic hydroxyl groups excluding tert-OH is 1. The molecule has 3 heteroatoms. The molecule has 1 aromatic carbocycles. The second-order valence-electron chi connectivity index (χ2n) is 5.39. The summed E-state index contributed by atoms with van der Waals surface area (Å²) in [5, 5.41) is 9.60. The maximum atomic E-state index is 9.60. The van der Waals surface area contributed by atoms with Crippen molar-refractivity contribution in [2.45, 2.75) is 44.4 Å². The zero-order chi connectivity index (χ0) is 12.4. The first-order valence-corrected chi connectivity index (χ1v) is 6.96. The largest absolute Gasteiger partial charge is 0.492 e. The van der Waals surface area contributed by atoms with Crippen LogP contribution in [0.3, 0.4) is 0 Å². The van der Waals surface area contributed by atoms with Gasteiger partial charge in [-0.1, -0.05) is 18.2 Å². The van der Waals surface area contributed by atoms with E-state index in [1.165, 1.54) is 5.56 Å². The molecule has 1 fully saturated rings. The van der Waals surface area contributed by atoms with Gasteiger partial charge >= 0.3 is 0 Å². The summed E-state index contributed by atoms with van der Waals surface area (Å²) in [5.74, 6) is 1.04. The molecule has 0 unspecified atom stereocenters. The van der Waals surface area contributed by atoms with Gasteiger partial charge in [-0.3, -0.25) is 4.90 Å². The molecular weight excluding hydrogens is 226 g/mol. The van der Waals surface area contributed by atoms with Crippen molar-refractivity contribution in [3.05, 3.63) is 29.8 Å². The number of hydrogen-bond acceptors (Lipinski definition) is 3. The molecule has 0 saturated heterocycles. The molecule has 1 N–H and O–H groups in total. The van der Waals surface area contributed by atoms with E-state index >= 15 is 0 Å². The van der Waals surface area contributed by atoms with E-state index in [4.69, 9.17) is 4.74 Å². The van der Waals surface area contributed by atoms with Gasteiger partial charge in [-0.2, -0.15) is 0 Å². The molecule has 2 aliphatic rings. The molecular formula is C15H21NO2. The number of hydrogen-bond donors (Lipinski definition) is 1. The van der Waals surface area contributed by atoms with Crippen LogP contribution in [-0.2, 0) is 6.54 Å². The third-order valence-electron chi connectivity index (χ3n) is 4.16. The fraction of sp³-hybridized carbons (Fsp3) is 0.600. The number of ether oxygens (including phenoxy) is 1. The first kappa shape index (κ1) is 12.0. The maximum Gasteiger partial charge on any atom is 0.123 e. The minimum absolute atomic E-state index is 0.0724. The first-order chi connectivity index (χ1) is 8.83. The van der Waals surface area contributed by atoms with Crippen LogP contribution in [0.25, 0.3) is 0 Å². The quantitative estimate of drug-likeness (QED) is 0.825. The topological polar surface area (TPSA) is 32.7 Å². The van der Waals surface area contributed by atoms with Crippen LogP contribution in [0.5, 0.6) is 5.75 Å². The predicted molar refractivity (Wildman–Crippen MR) is 70.6 cm³/mol. The molecule has 0 atom stereocenters. The van der Waals surface area contributed by atoms with Crippen LogP contribution in [0, 0.1) is 0 Å². The van der Waals surface area contributed by atoms with Crippen LogP contribution in [0.4, 0.5) is 0 Å². The molecule has 1 aromatic rings. The Morgan fingerprint density at radius 2 is 1.89 bits per heavy atom. The monoisotopic (exact) mass is 247 g/mol. The summed E-state index contributed by atoms with van der Waals surface area (Å²) < 4.78 is 5.80. The van der Waals surface area contributed by atoms with Crippen molar-refractivity contribution in [1.29, 1.82) is 0 Å². The van der Waals surface area contributed by atoms with Crippen LogP contribution >= 0.6 is 0 Å². The van der Waals surface area contributed by atoms with Crippen LogP contribution in [0.2, 0.25) is 0 Å². The molecule has 3 nitrogen and oxygen atoms in total. The van der Waals surface area contributed by atoms with Crippen molar-refractivity contribution in [2.75, 3.05) is 13.2 Å². The normalized spacial score (nSPS) is 29.2. The summed E-state index contributed by atoms with van der Waals surface area (Å²) >= 11 is 0. The average Bonchev–Trinajstić information content (AvgIpc) is 2.61. The second kappa shape index (κ2) is 5.29. The zero-order valence-corrected chi connectivity index (χ0v) is 10.7. The lowest BCUT2D eigenvalue weighted by Crippen LogP contribution is -2.39. The molecule has 0 bridgehead atoms. The Morgan fingerprint density at radius 3 is 2.72 bits per heavy atom. The zero-order valence-electron chi connectivity index (χ0n) is 10.7. The third kappa shape index (κ3) is 2.52. The number of para-hydroxylation sites is 1. The fourth-order valence-electron chi connectivity index (χ4n) is 3.08. The average molecular weight is 247 g/mol. The van der Waals surface area contributed by atoms with Gasteiger partial charge in [0.1, 0.15) is 12.4 Å². The molecule has 3 rings (SSSR count). The van der Waals surface area contributed by atoms with Crippen molar-refractivity contribution in [3.63, 3.8) is 0 Å². The standard InChI is InChI=1S/C15H21NO2/c17-14-7-5-13(6-8-14)16-9-10-18-15-4-2-1-3-12(15)11-16/h1-4,13-14,17H,5-11H2. The van der Waals surface area contributed by atoms with Gasteiger partial charge in [0.25, 0.3) is 0 Å². The Kier molecular flexibility index (Phi) is 3.52. The minimum atomic E-state index is -0.0724. The highest BCUT2D eigenvalue weighted by Crippen LogP contribution is 2.28. The van der Waals surface area contributed by atoms with Crippen molar-refractivity contribution in [1.82, 2.24) is 4.90 Å². The van der Waals surface area contributed by atoms with Crippen molar-refractivity contribution in [2.24, 2.45) is 0 Å². The van der Waals surface area contributed by atoms with Gasteiger partial charge in [0.05, 0.1) is 6.10 Å². The van der Waals surface area contributed by atoms with Gasteiger partial charge in [-0.05, 0) is 31.7 Å². The SMILES string of the molecule is OC1CCC(N2CCOc3ccccc3C2)CC1.